The van der Waals surface area contributed by atoms with Crippen LogP contribution in [0.3, 0.4) is 0 Å². The van der Waals surface area contributed by atoms with Gasteiger partial charge in [-0.25, -0.2) is 0 Å². The van der Waals surface area contributed by atoms with Gasteiger partial charge in [0.1, 0.15) is 12.6 Å². The number of hydrogen-bond donors (Lipinski definition) is 3. The van der Waals surface area contributed by atoms with Crippen molar-refractivity contribution in [2.24, 2.45) is 11.7 Å². The van der Waals surface area contributed by atoms with Gasteiger partial charge in [0.15, 0.2) is 11.7 Å². The molecule has 2 saturated heterocycles. The molecule has 0 bridgehead atoms. The number of hydrogen-bond acceptors (Lipinski definition) is 5. The lowest BCUT2D eigenvalue weighted by atomic mass is 9.92. The second kappa shape index (κ2) is 13.8. The average molecular weight is 513 g/mol. The van der Waals surface area contributed by atoms with Crippen LogP contribution in [0.1, 0.15) is 51.0 Å². The first-order chi connectivity index (χ1) is 17.8. The summed E-state index contributed by atoms with van der Waals surface area (Å²) in [5.74, 6) is -0.578. The molecule has 10 nitrogen and oxygen atoms in total. The quantitative estimate of drug-likeness (QED) is 0.283. The van der Waals surface area contributed by atoms with Crippen molar-refractivity contribution in [3.63, 3.8) is 0 Å². The second-order valence-corrected chi connectivity index (χ2v) is 10.0. The monoisotopic (exact) mass is 512 g/mol. The molecule has 2 fully saturated rings. The minimum absolute atomic E-state index is 0.0327. The van der Waals surface area contributed by atoms with Gasteiger partial charge in [0.25, 0.3) is 0 Å². The highest BCUT2D eigenvalue weighted by Gasteiger charge is 2.39. The summed E-state index contributed by atoms with van der Waals surface area (Å²) >= 11 is 0. The van der Waals surface area contributed by atoms with E-state index in [2.05, 4.69) is 5.32 Å². The third-order valence-electron chi connectivity index (χ3n) is 7.16. The third kappa shape index (κ3) is 8.30. The molecule has 0 aromatic heterocycles. The molecular formula is C27H40N6O4. The molecule has 0 aliphatic carbocycles. The number of Topliss-reactive ketones (excluding diaryl/α,β-unsaturated/α-hetero) is 1. The van der Waals surface area contributed by atoms with Crippen molar-refractivity contribution >= 4 is 29.5 Å². The largest absolute Gasteiger partial charge is 0.370 e. The summed E-state index contributed by atoms with van der Waals surface area (Å²) in [6.07, 6.45) is 5.01. The molecule has 0 spiro atoms. The number of piperazine rings is 1. The number of ketones is 1. The highest BCUT2D eigenvalue weighted by molar-refractivity contribution is 5.97. The average Bonchev–Trinajstić information content (AvgIpc) is 2.90. The molecule has 1 aromatic carbocycles. The van der Waals surface area contributed by atoms with Gasteiger partial charge in [-0.2, -0.15) is 0 Å². The fourth-order valence-electron chi connectivity index (χ4n) is 5.00. The summed E-state index contributed by atoms with van der Waals surface area (Å²) in [6.45, 7) is 3.61. The number of rotatable bonds is 12. The summed E-state index contributed by atoms with van der Waals surface area (Å²) in [5, 5.41) is 10.2. The number of nitrogens with two attached hydrogens (primary N) is 1. The number of carbonyl (C=O) groups is 4. The minimum atomic E-state index is -0.752. The first kappa shape index (κ1) is 28.1. The third-order valence-corrected chi connectivity index (χ3v) is 7.16. The van der Waals surface area contributed by atoms with Crippen molar-refractivity contribution in [2.45, 2.75) is 57.9 Å². The molecule has 2 aliphatic rings. The van der Waals surface area contributed by atoms with Crippen molar-refractivity contribution in [3.05, 3.63) is 35.9 Å². The van der Waals surface area contributed by atoms with Crippen molar-refractivity contribution in [2.75, 3.05) is 39.3 Å². The molecule has 202 valence electrons. The van der Waals surface area contributed by atoms with Crippen molar-refractivity contribution in [1.82, 2.24) is 20.0 Å². The topological polar surface area (TPSA) is 140 Å². The van der Waals surface area contributed by atoms with Crippen LogP contribution in [0.2, 0.25) is 0 Å². The standard InChI is InChI=1S/C27H40N6O4/c1-2-3-13-31-19-25(36)33(23(26(31)37)15-20-8-5-4-6-9-20)18-24(35)30-16-22(34)12-11-21-10-7-14-32(17-21)27(28)29/h4-6,8-9,21,23H,2-3,7,10-19H2,1H3,(H3,28,29)(H,30,35). The Labute approximate surface area is 219 Å². The van der Waals surface area contributed by atoms with Gasteiger partial charge < -0.3 is 25.8 Å². The Kier molecular flexibility index (Phi) is 10.5. The number of likely N-dealkylation sites (tertiary alicyclic amines) is 1. The first-order valence-corrected chi connectivity index (χ1v) is 13.3. The second-order valence-electron chi connectivity index (χ2n) is 10.0. The van der Waals surface area contributed by atoms with E-state index in [4.69, 9.17) is 11.1 Å². The van der Waals surface area contributed by atoms with Gasteiger partial charge in [-0.3, -0.25) is 24.6 Å². The zero-order valence-electron chi connectivity index (χ0n) is 21.8. The van der Waals surface area contributed by atoms with Gasteiger partial charge in [0.05, 0.1) is 13.1 Å². The summed E-state index contributed by atoms with van der Waals surface area (Å²) < 4.78 is 0. The maximum Gasteiger partial charge on any atom is 0.246 e. The van der Waals surface area contributed by atoms with Crippen molar-refractivity contribution in [3.8, 4) is 0 Å². The van der Waals surface area contributed by atoms with Crippen LogP contribution in [0.25, 0.3) is 0 Å². The predicted octanol–water partition coefficient (Wildman–Crippen LogP) is 1.14. The van der Waals surface area contributed by atoms with Gasteiger partial charge in [0, 0.05) is 32.5 Å². The number of nitrogens with zero attached hydrogens (tertiary/aromatic N) is 3. The normalized spacial score (nSPS) is 20.2. The molecule has 2 unspecified atom stereocenters. The van der Waals surface area contributed by atoms with Gasteiger partial charge in [-0.15, -0.1) is 0 Å². The molecule has 2 heterocycles. The first-order valence-electron chi connectivity index (χ1n) is 13.3. The Morgan fingerprint density at radius 3 is 2.65 bits per heavy atom. The molecule has 1 aromatic rings. The van der Waals surface area contributed by atoms with Crippen LogP contribution < -0.4 is 11.1 Å². The maximum atomic E-state index is 13.3. The van der Waals surface area contributed by atoms with Crippen LogP contribution in [0.5, 0.6) is 0 Å². The zero-order chi connectivity index (χ0) is 26.8. The Morgan fingerprint density at radius 2 is 1.95 bits per heavy atom. The van der Waals surface area contributed by atoms with E-state index in [0.29, 0.717) is 38.3 Å². The lowest BCUT2D eigenvalue weighted by Crippen LogP contribution is -2.62. The van der Waals surface area contributed by atoms with E-state index in [1.807, 2.05) is 42.2 Å². The van der Waals surface area contributed by atoms with Crippen molar-refractivity contribution < 1.29 is 19.2 Å². The Bertz CT molecular complexity index is 969. The smallest absolute Gasteiger partial charge is 0.246 e. The van der Waals surface area contributed by atoms with E-state index in [9.17, 15) is 19.2 Å². The van der Waals surface area contributed by atoms with E-state index in [1.54, 1.807) is 4.90 Å². The summed E-state index contributed by atoms with van der Waals surface area (Å²) in [4.78, 5) is 56.2. The van der Waals surface area contributed by atoms with Gasteiger partial charge >= 0.3 is 0 Å². The van der Waals surface area contributed by atoms with Gasteiger partial charge in [0.2, 0.25) is 17.7 Å². The minimum Gasteiger partial charge on any atom is -0.370 e. The van der Waals surface area contributed by atoms with Crippen LogP contribution >= 0.6 is 0 Å². The Balaban J connectivity index is 1.53. The molecule has 37 heavy (non-hydrogen) atoms. The lowest BCUT2D eigenvalue weighted by molar-refractivity contribution is -0.157. The molecular weight excluding hydrogens is 472 g/mol. The predicted molar refractivity (Wildman–Crippen MR) is 141 cm³/mol. The summed E-state index contributed by atoms with van der Waals surface area (Å²) in [7, 11) is 0. The number of guanidine groups is 1. The van der Waals surface area contributed by atoms with Gasteiger partial charge in [-0.05, 0) is 37.2 Å². The number of amides is 3. The molecule has 10 heteroatoms. The number of piperidine rings is 1. The van der Waals surface area contributed by atoms with Crippen LogP contribution in [0.4, 0.5) is 0 Å². The van der Waals surface area contributed by atoms with Crippen LogP contribution in [0.15, 0.2) is 30.3 Å². The van der Waals surface area contributed by atoms with Gasteiger partial charge in [-0.1, -0.05) is 43.7 Å². The number of nitrogens with one attached hydrogen (secondary N) is 2. The molecule has 0 radical (unpaired) electrons. The van der Waals surface area contributed by atoms with E-state index in [-0.39, 0.29) is 43.2 Å². The lowest BCUT2D eigenvalue weighted by Gasteiger charge is -2.40. The molecule has 3 rings (SSSR count). The molecule has 3 amide bonds. The van der Waals surface area contributed by atoms with Crippen LogP contribution in [0, 0.1) is 11.3 Å². The fourth-order valence-corrected chi connectivity index (χ4v) is 5.00. The summed E-state index contributed by atoms with van der Waals surface area (Å²) in [5.41, 5.74) is 6.50. The number of carbonyl (C=O) groups excluding carboxylic acids is 4. The van der Waals surface area contributed by atoms with Crippen LogP contribution in [-0.4, -0.2) is 89.5 Å². The van der Waals surface area contributed by atoms with Crippen molar-refractivity contribution in [1.29, 1.82) is 5.41 Å². The Hall–Kier alpha value is -3.43. The zero-order valence-corrected chi connectivity index (χ0v) is 21.8. The molecule has 4 N–H and O–H groups in total. The SMILES string of the molecule is CCCCN1CC(=O)N(CC(=O)NCC(=O)CCC2CCCN(C(=N)N)C2)C(Cc2ccccc2)C1=O. The number of benzene rings is 1. The van der Waals surface area contributed by atoms with E-state index >= 15 is 0 Å². The van der Waals surface area contributed by atoms with E-state index in [1.165, 1.54) is 4.90 Å². The maximum absolute atomic E-state index is 13.3. The highest BCUT2D eigenvalue weighted by Crippen LogP contribution is 2.21. The molecule has 2 atom stereocenters. The van der Waals surface area contributed by atoms with Crippen LogP contribution in [-0.2, 0) is 25.6 Å². The fraction of sp³-hybridized carbons (Fsp3) is 0.593. The summed E-state index contributed by atoms with van der Waals surface area (Å²) in [6, 6.07) is 8.71. The number of unbranched alkanes of at least 4 members (excludes halogenated alkanes) is 1. The molecule has 2 aliphatic heterocycles. The van der Waals surface area contributed by atoms with E-state index < -0.39 is 11.9 Å². The molecule has 0 saturated carbocycles. The highest BCUT2D eigenvalue weighted by atomic mass is 16.2. The van der Waals surface area contributed by atoms with E-state index in [0.717, 1.165) is 37.8 Å². The Morgan fingerprint density at radius 1 is 1.19 bits per heavy atom.